The molecule has 0 fully saturated rings. The first-order valence-corrected chi connectivity index (χ1v) is 12.9. The lowest BCUT2D eigenvalue weighted by Crippen LogP contribution is -2.33. The molecule has 1 aliphatic heterocycles. The van der Waals surface area contributed by atoms with Crippen LogP contribution in [-0.2, 0) is 10.2 Å². The number of allylic oxidation sites excluding steroid dienone is 11. The first kappa shape index (κ1) is 28.4. The third-order valence-corrected chi connectivity index (χ3v) is 7.09. The van der Waals surface area contributed by atoms with Crippen LogP contribution in [0, 0.1) is 0 Å². The molecule has 1 heterocycles. The van der Waals surface area contributed by atoms with E-state index >= 15 is 0 Å². The molecule has 0 aromatic heterocycles. The molecule has 0 aliphatic carbocycles. The molecule has 1 aliphatic rings. The zero-order chi connectivity index (χ0) is 28.2. The lowest BCUT2D eigenvalue weighted by atomic mass is 9.73. The topological polar surface area (TPSA) is 20.3 Å². The summed E-state index contributed by atoms with van der Waals surface area (Å²) in [6.07, 6.45) is 9.88. The molecule has 2 aromatic rings. The highest BCUT2D eigenvalue weighted by Crippen LogP contribution is 2.48. The molecule has 2 aromatic carbocycles. The van der Waals surface area contributed by atoms with Crippen LogP contribution in [0.3, 0.4) is 0 Å². The number of nitrogens with zero attached hydrogens (tertiary/aromatic N) is 1. The largest absolute Gasteiger partial charge is 0.310 e. The van der Waals surface area contributed by atoms with Crippen LogP contribution in [0.5, 0.6) is 0 Å². The van der Waals surface area contributed by atoms with Gasteiger partial charge in [0.1, 0.15) is 0 Å². The Morgan fingerprint density at radius 3 is 2.11 bits per heavy atom. The number of ketones is 1. The maximum atomic E-state index is 13.1. The van der Waals surface area contributed by atoms with Gasteiger partial charge in [0, 0.05) is 27.9 Å². The lowest BCUT2D eigenvalue weighted by Gasteiger charge is -2.42. The number of fused-ring (bicyclic) bond motifs is 1. The normalized spacial score (nSPS) is 14.7. The summed E-state index contributed by atoms with van der Waals surface area (Å²) < 4.78 is 0. The van der Waals surface area contributed by atoms with Crippen LogP contribution in [0.15, 0.2) is 139 Å². The summed E-state index contributed by atoms with van der Waals surface area (Å²) in [4.78, 5) is 15.4. The van der Waals surface area contributed by atoms with Crippen molar-refractivity contribution in [3.8, 4) is 0 Å². The highest BCUT2D eigenvalue weighted by atomic mass is 16.1. The van der Waals surface area contributed by atoms with Crippen LogP contribution < -0.4 is 4.90 Å². The molecule has 0 saturated carbocycles. The molecule has 0 amide bonds. The number of hydrogen-bond donors (Lipinski definition) is 0. The van der Waals surface area contributed by atoms with Crippen molar-refractivity contribution in [1.29, 1.82) is 0 Å². The summed E-state index contributed by atoms with van der Waals surface area (Å²) in [7, 11) is 0. The van der Waals surface area contributed by atoms with E-state index in [-0.39, 0.29) is 11.2 Å². The summed E-state index contributed by atoms with van der Waals surface area (Å²) in [6.45, 7) is 28.2. The van der Waals surface area contributed by atoms with Gasteiger partial charge in [-0.05, 0) is 85.9 Å². The summed E-state index contributed by atoms with van der Waals surface area (Å²) in [5.41, 5.74) is 10.0. The van der Waals surface area contributed by atoms with Crippen molar-refractivity contribution < 1.29 is 4.79 Å². The van der Waals surface area contributed by atoms with Crippen molar-refractivity contribution in [2.75, 3.05) is 4.90 Å². The van der Waals surface area contributed by atoms with Gasteiger partial charge in [0.25, 0.3) is 0 Å². The second-order valence-corrected chi connectivity index (χ2v) is 10.3. The van der Waals surface area contributed by atoms with Crippen molar-refractivity contribution in [3.63, 3.8) is 0 Å². The van der Waals surface area contributed by atoms with Crippen LogP contribution in [0.4, 0.5) is 11.4 Å². The van der Waals surface area contributed by atoms with E-state index in [2.05, 4.69) is 106 Å². The number of hydrogen-bond acceptors (Lipinski definition) is 2. The maximum Gasteiger partial charge on any atom is 0.192 e. The molecule has 0 radical (unpaired) electrons. The average Bonchev–Trinajstić information content (AvgIpc) is 2.89. The van der Waals surface area contributed by atoms with Gasteiger partial charge in [0.05, 0.1) is 5.69 Å². The van der Waals surface area contributed by atoms with Gasteiger partial charge >= 0.3 is 0 Å². The van der Waals surface area contributed by atoms with Gasteiger partial charge in [-0.15, -0.1) is 0 Å². The van der Waals surface area contributed by atoms with E-state index in [0.29, 0.717) is 16.7 Å². The molecule has 0 atom stereocenters. The summed E-state index contributed by atoms with van der Waals surface area (Å²) in [5, 5.41) is 0. The number of rotatable bonds is 9. The van der Waals surface area contributed by atoms with Gasteiger partial charge < -0.3 is 4.90 Å². The minimum absolute atomic E-state index is 0.112. The van der Waals surface area contributed by atoms with E-state index in [1.165, 1.54) is 11.1 Å². The lowest BCUT2D eigenvalue weighted by molar-refractivity contribution is -0.111. The van der Waals surface area contributed by atoms with Crippen molar-refractivity contribution >= 4 is 22.7 Å². The average molecular weight is 502 g/mol. The summed E-state index contributed by atoms with van der Waals surface area (Å²) in [5.74, 6) is -0.112. The minimum Gasteiger partial charge on any atom is -0.310 e. The predicted molar refractivity (Wildman–Crippen MR) is 166 cm³/mol. The van der Waals surface area contributed by atoms with Crippen LogP contribution in [-0.4, -0.2) is 5.78 Å². The van der Waals surface area contributed by atoms with Gasteiger partial charge in [0.15, 0.2) is 5.78 Å². The van der Waals surface area contributed by atoms with Crippen molar-refractivity contribution in [1.82, 2.24) is 0 Å². The van der Waals surface area contributed by atoms with Gasteiger partial charge in [-0.1, -0.05) is 94.3 Å². The fourth-order valence-electron chi connectivity index (χ4n) is 4.88. The Morgan fingerprint density at radius 2 is 1.58 bits per heavy atom. The van der Waals surface area contributed by atoms with E-state index in [1.807, 2.05) is 32.9 Å². The summed E-state index contributed by atoms with van der Waals surface area (Å²) in [6, 6.07) is 16.9. The van der Waals surface area contributed by atoms with Crippen LogP contribution in [0.25, 0.3) is 5.57 Å². The highest BCUT2D eigenvalue weighted by Gasteiger charge is 2.36. The SMILES string of the molecule is C=CC1=C(/C=C\C)N(c2ccc(/C(C=C)=C/C(C(=O)C(=C)C(=C)C)=C(C)C)cc2)c2ccccc2C1(C)C. The first-order valence-electron chi connectivity index (χ1n) is 12.9. The molecule has 0 unspecified atom stereocenters. The molecule has 2 nitrogen and oxygen atoms in total. The van der Waals surface area contributed by atoms with Crippen LogP contribution >= 0.6 is 0 Å². The van der Waals surface area contributed by atoms with E-state index in [4.69, 9.17) is 0 Å². The molecule has 3 rings (SSSR count). The molecular formula is C36H39NO. The van der Waals surface area contributed by atoms with E-state index in [9.17, 15) is 4.79 Å². The Kier molecular flexibility index (Phi) is 8.58. The van der Waals surface area contributed by atoms with Gasteiger partial charge in [-0.25, -0.2) is 0 Å². The Hall–Kier alpha value is -4.17. The Balaban J connectivity index is 2.14. The zero-order valence-electron chi connectivity index (χ0n) is 23.7. The standard InChI is InChI=1S/C36H39NO/c1-11-16-33-31(13-3)36(9,10)32-17-14-15-18-34(32)37(33)29-21-19-28(20-22-29)27(12-2)23-30(25(6)7)35(38)26(8)24(4)5/h11-23H,2-4,8H2,1,5-7,9-10H3/b16-11-,27-23+. The monoisotopic (exact) mass is 501 g/mol. The van der Waals surface area contributed by atoms with Gasteiger partial charge in [0.2, 0.25) is 0 Å². The first-order chi connectivity index (χ1) is 18.0. The molecule has 38 heavy (non-hydrogen) atoms. The predicted octanol–water partition coefficient (Wildman–Crippen LogP) is 9.74. The van der Waals surface area contributed by atoms with Crippen LogP contribution in [0.2, 0.25) is 0 Å². The molecule has 2 heteroatoms. The molecular weight excluding hydrogens is 462 g/mol. The van der Waals surface area contributed by atoms with E-state index in [0.717, 1.165) is 33.8 Å². The number of benzene rings is 2. The zero-order valence-corrected chi connectivity index (χ0v) is 23.7. The smallest absolute Gasteiger partial charge is 0.192 e. The molecule has 0 bridgehead atoms. The van der Waals surface area contributed by atoms with Crippen molar-refractivity contribution in [2.24, 2.45) is 0 Å². The van der Waals surface area contributed by atoms with E-state index in [1.54, 1.807) is 13.0 Å². The second kappa shape index (κ2) is 11.5. The summed E-state index contributed by atoms with van der Waals surface area (Å²) >= 11 is 0. The third kappa shape index (κ3) is 5.26. The highest BCUT2D eigenvalue weighted by molar-refractivity contribution is 6.13. The van der Waals surface area contributed by atoms with Crippen molar-refractivity contribution in [2.45, 2.75) is 47.0 Å². The Labute approximate surface area is 229 Å². The maximum absolute atomic E-state index is 13.1. The Morgan fingerprint density at radius 1 is 0.947 bits per heavy atom. The number of para-hydroxylation sites is 1. The third-order valence-electron chi connectivity index (χ3n) is 7.09. The van der Waals surface area contributed by atoms with E-state index < -0.39 is 0 Å². The molecule has 0 saturated heterocycles. The number of Topliss-reactive ketones (excluding diaryl/α,β-unsaturated/α-hetero) is 1. The Bertz CT molecular complexity index is 1430. The molecule has 194 valence electrons. The second-order valence-electron chi connectivity index (χ2n) is 10.3. The van der Waals surface area contributed by atoms with Gasteiger partial charge in [-0.3, -0.25) is 4.79 Å². The number of carbonyl (C=O) groups excluding carboxylic acids is 1. The van der Waals surface area contributed by atoms with Crippen LogP contribution in [0.1, 0.15) is 52.7 Å². The molecule has 0 spiro atoms. The van der Waals surface area contributed by atoms with Crippen molar-refractivity contribution in [3.05, 3.63) is 150 Å². The quantitative estimate of drug-likeness (QED) is 0.252. The fraction of sp³-hybridized carbons (Fsp3) is 0.194. The minimum atomic E-state index is -0.177. The number of carbonyl (C=O) groups is 1. The molecule has 0 N–H and O–H groups in total. The fourth-order valence-corrected chi connectivity index (χ4v) is 4.88. The van der Waals surface area contributed by atoms with Gasteiger partial charge in [-0.2, -0.15) is 0 Å². The number of anilines is 2.